The number of rotatable bonds is 7. The fraction of sp³-hybridized carbons (Fsp3) is 0.526. The summed E-state index contributed by atoms with van der Waals surface area (Å²) in [7, 11) is 0. The third-order valence-electron chi connectivity index (χ3n) is 4.17. The summed E-state index contributed by atoms with van der Waals surface area (Å²) < 4.78 is 11.2. The predicted octanol–water partition coefficient (Wildman–Crippen LogP) is 4.27. The van der Waals surface area contributed by atoms with E-state index in [2.05, 4.69) is 32.6 Å². The highest BCUT2D eigenvalue weighted by Gasteiger charge is 2.25. The molecule has 1 aromatic heterocycles. The molecule has 0 radical (unpaired) electrons. The number of esters is 1. The molecule has 2 aromatic rings. The minimum absolute atomic E-state index is 0.0956. The van der Waals surface area contributed by atoms with Crippen LogP contribution in [0.15, 0.2) is 28.7 Å². The zero-order chi connectivity index (χ0) is 17.0. The van der Waals surface area contributed by atoms with Crippen molar-refractivity contribution in [2.24, 2.45) is 5.41 Å². The largest absolute Gasteiger partial charge is 0.459 e. The van der Waals surface area contributed by atoms with Crippen molar-refractivity contribution in [2.75, 3.05) is 26.2 Å². The molecule has 23 heavy (non-hydrogen) atoms. The van der Waals surface area contributed by atoms with E-state index >= 15 is 0 Å². The van der Waals surface area contributed by atoms with Crippen molar-refractivity contribution in [1.82, 2.24) is 4.90 Å². The van der Waals surface area contributed by atoms with E-state index < -0.39 is 0 Å². The van der Waals surface area contributed by atoms with E-state index in [1.807, 2.05) is 31.2 Å². The summed E-state index contributed by atoms with van der Waals surface area (Å²) in [6, 6.07) is 7.65. The van der Waals surface area contributed by atoms with Gasteiger partial charge in [-0.25, -0.2) is 4.79 Å². The molecule has 1 aromatic carbocycles. The Morgan fingerprint density at radius 1 is 1.22 bits per heavy atom. The number of ether oxygens (including phenoxy) is 1. The van der Waals surface area contributed by atoms with E-state index in [0.29, 0.717) is 12.4 Å². The Labute approximate surface area is 138 Å². The molecular weight excluding hydrogens is 290 g/mol. The summed E-state index contributed by atoms with van der Waals surface area (Å²) in [6.45, 7) is 13.7. The van der Waals surface area contributed by atoms with Gasteiger partial charge in [-0.1, -0.05) is 45.9 Å². The van der Waals surface area contributed by atoms with Gasteiger partial charge in [-0.2, -0.15) is 0 Å². The van der Waals surface area contributed by atoms with Gasteiger partial charge in [0.25, 0.3) is 0 Å². The van der Waals surface area contributed by atoms with Gasteiger partial charge >= 0.3 is 5.97 Å². The molecule has 1 heterocycles. The average Bonchev–Trinajstić information content (AvgIpc) is 2.88. The topological polar surface area (TPSA) is 42.7 Å². The number of aryl methyl sites for hydroxylation is 1. The lowest BCUT2D eigenvalue weighted by molar-refractivity contribution is 0.0244. The third kappa shape index (κ3) is 4.14. The highest BCUT2D eigenvalue weighted by molar-refractivity contribution is 5.95. The number of carbonyl (C=O) groups excluding carboxylic acids is 1. The van der Waals surface area contributed by atoms with Crippen molar-refractivity contribution in [3.63, 3.8) is 0 Å². The van der Waals surface area contributed by atoms with Gasteiger partial charge in [0.15, 0.2) is 0 Å². The first kappa shape index (κ1) is 17.5. The highest BCUT2D eigenvalue weighted by Crippen LogP contribution is 2.26. The zero-order valence-corrected chi connectivity index (χ0v) is 14.8. The second-order valence-corrected chi connectivity index (χ2v) is 6.75. The molecule has 0 aliphatic rings. The number of nitrogens with zero attached hydrogens (tertiary/aromatic N) is 1. The first-order valence-corrected chi connectivity index (χ1v) is 8.25. The first-order chi connectivity index (χ1) is 10.9. The number of para-hydroxylation sites is 1. The van der Waals surface area contributed by atoms with Crippen molar-refractivity contribution in [3.8, 4) is 0 Å². The second kappa shape index (κ2) is 7.18. The van der Waals surface area contributed by atoms with Gasteiger partial charge in [-0.05, 0) is 26.1 Å². The van der Waals surface area contributed by atoms with Gasteiger partial charge < -0.3 is 14.1 Å². The van der Waals surface area contributed by atoms with Crippen LogP contribution in [0.2, 0.25) is 0 Å². The molecule has 0 saturated carbocycles. The maximum absolute atomic E-state index is 12.4. The first-order valence-electron chi connectivity index (χ1n) is 8.25. The molecule has 0 spiro atoms. The predicted molar refractivity (Wildman–Crippen MR) is 92.8 cm³/mol. The molecule has 0 unspecified atom stereocenters. The monoisotopic (exact) mass is 317 g/mol. The van der Waals surface area contributed by atoms with Crippen molar-refractivity contribution in [3.05, 3.63) is 35.6 Å². The van der Waals surface area contributed by atoms with Crippen LogP contribution >= 0.6 is 0 Å². The van der Waals surface area contributed by atoms with Gasteiger partial charge in [0.1, 0.15) is 5.58 Å². The van der Waals surface area contributed by atoms with Gasteiger partial charge in [-0.3, -0.25) is 0 Å². The summed E-state index contributed by atoms with van der Waals surface area (Å²) in [4.78, 5) is 14.7. The van der Waals surface area contributed by atoms with Crippen molar-refractivity contribution >= 4 is 16.9 Å². The van der Waals surface area contributed by atoms with Crippen LogP contribution < -0.4 is 0 Å². The lowest BCUT2D eigenvalue weighted by Crippen LogP contribution is -2.37. The van der Waals surface area contributed by atoms with Gasteiger partial charge in [0, 0.05) is 22.9 Å². The normalized spacial score (nSPS) is 12.1. The van der Waals surface area contributed by atoms with Gasteiger partial charge in [-0.15, -0.1) is 0 Å². The molecular formula is C19H27NO3. The van der Waals surface area contributed by atoms with Crippen molar-refractivity contribution in [2.45, 2.75) is 34.6 Å². The Hall–Kier alpha value is -1.81. The molecule has 0 amide bonds. The third-order valence-corrected chi connectivity index (χ3v) is 4.17. The molecule has 0 N–H and O–H groups in total. The minimum atomic E-state index is -0.383. The number of hydrogen-bond acceptors (Lipinski definition) is 4. The molecule has 126 valence electrons. The highest BCUT2D eigenvalue weighted by atomic mass is 16.5. The smallest absolute Gasteiger partial charge is 0.374 e. The van der Waals surface area contributed by atoms with Crippen LogP contribution in [0.25, 0.3) is 11.0 Å². The minimum Gasteiger partial charge on any atom is -0.459 e. The molecule has 0 bridgehead atoms. The zero-order valence-electron chi connectivity index (χ0n) is 14.8. The van der Waals surface area contributed by atoms with E-state index in [9.17, 15) is 4.79 Å². The Bertz CT molecular complexity index is 668. The Morgan fingerprint density at radius 3 is 2.48 bits per heavy atom. The summed E-state index contributed by atoms with van der Waals surface area (Å²) in [5.41, 5.74) is 1.47. The summed E-state index contributed by atoms with van der Waals surface area (Å²) in [5, 5.41) is 0.960. The van der Waals surface area contributed by atoms with Crippen LogP contribution in [0.4, 0.5) is 0 Å². The fourth-order valence-corrected chi connectivity index (χ4v) is 2.79. The SMILES string of the molecule is CCN(CC)CC(C)(C)COC(=O)c1oc2ccccc2c1C. The number of fused-ring (bicyclic) bond motifs is 1. The summed E-state index contributed by atoms with van der Waals surface area (Å²) >= 11 is 0. The maximum atomic E-state index is 12.4. The van der Waals surface area contributed by atoms with Crippen LogP contribution in [0.1, 0.15) is 43.8 Å². The molecule has 0 atom stereocenters. The Balaban J connectivity index is 2.05. The molecule has 0 aliphatic carbocycles. The number of furan rings is 1. The molecule has 2 rings (SSSR count). The number of benzene rings is 1. The maximum Gasteiger partial charge on any atom is 0.374 e. The standard InChI is InChI=1S/C19H27NO3/c1-6-20(7-2)12-19(4,5)13-22-18(21)17-14(3)15-10-8-9-11-16(15)23-17/h8-11H,6-7,12-13H2,1-5H3. The summed E-state index contributed by atoms with van der Waals surface area (Å²) in [5.74, 6) is -0.0730. The number of carbonyl (C=O) groups is 1. The van der Waals surface area contributed by atoms with Crippen LogP contribution in [-0.2, 0) is 4.74 Å². The van der Waals surface area contributed by atoms with Crippen LogP contribution in [0, 0.1) is 12.3 Å². The van der Waals surface area contributed by atoms with E-state index in [-0.39, 0.29) is 11.4 Å². The number of hydrogen-bond donors (Lipinski definition) is 0. The average molecular weight is 317 g/mol. The fourth-order valence-electron chi connectivity index (χ4n) is 2.79. The van der Waals surface area contributed by atoms with Crippen LogP contribution in [0.5, 0.6) is 0 Å². The molecule has 0 saturated heterocycles. The van der Waals surface area contributed by atoms with Crippen LogP contribution in [-0.4, -0.2) is 37.1 Å². The quantitative estimate of drug-likeness (QED) is 0.715. The van der Waals surface area contributed by atoms with Gasteiger partial charge in [0.05, 0.1) is 6.61 Å². The summed E-state index contributed by atoms with van der Waals surface area (Å²) in [6.07, 6.45) is 0. The molecule has 0 aliphatic heterocycles. The van der Waals surface area contributed by atoms with Gasteiger partial charge in [0.2, 0.25) is 5.76 Å². The Kier molecular flexibility index (Phi) is 5.47. The van der Waals surface area contributed by atoms with E-state index in [1.165, 1.54) is 0 Å². The van der Waals surface area contributed by atoms with E-state index in [4.69, 9.17) is 9.15 Å². The van der Waals surface area contributed by atoms with E-state index in [0.717, 1.165) is 36.2 Å². The second-order valence-electron chi connectivity index (χ2n) is 6.75. The van der Waals surface area contributed by atoms with Crippen molar-refractivity contribution in [1.29, 1.82) is 0 Å². The Morgan fingerprint density at radius 2 is 1.87 bits per heavy atom. The van der Waals surface area contributed by atoms with E-state index in [1.54, 1.807) is 0 Å². The molecule has 4 heteroatoms. The lowest BCUT2D eigenvalue weighted by Gasteiger charge is -2.30. The molecule has 4 nitrogen and oxygen atoms in total. The van der Waals surface area contributed by atoms with Crippen molar-refractivity contribution < 1.29 is 13.9 Å². The molecule has 0 fully saturated rings. The lowest BCUT2D eigenvalue weighted by atomic mass is 9.94. The van der Waals surface area contributed by atoms with Crippen LogP contribution in [0.3, 0.4) is 0 Å².